The van der Waals surface area contributed by atoms with Crippen LogP contribution in [0.5, 0.6) is 0 Å². The number of hydrogen-bond acceptors (Lipinski definition) is 15. The summed E-state index contributed by atoms with van der Waals surface area (Å²) in [6.45, 7) is 14.1. The fourth-order valence-electron chi connectivity index (χ4n) is 10.8. The highest BCUT2D eigenvalue weighted by Gasteiger charge is 2.30. The molecule has 0 aromatic rings. The third-order valence-corrected chi connectivity index (χ3v) is 18.8. The third kappa shape index (κ3) is 65.1. The molecule has 0 aliphatic rings. The normalized spacial score (nSPS) is 14.5. The standard InChI is InChI=1S/C72H140O17P2/c1-9-65(8)51-43-35-27-19-14-16-22-30-39-47-55-72(77)88-67(58-82-69(74)52-44-36-28-20-12-10-11-17-24-32-40-48-62(2)3)60-86-90(78,79)84-56-66(73)57-85-91(80,81)87-61-68(59-83-70(75)53-45-37-31-23-26-34-42-50-64(6)7)89-71(76)54-46-38-29-21-15-13-18-25-33-41-49-63(4)5/h62-68,73H,9-61H2,1-8H3,(H,78,79)(H,80,81)/t65?,66?,67-,68-/m1/s1. The fraction of sp³-hybridized carbons (Fsp3) is 0.944. The molecule has 540 valence electrons. The number of phosphoric acid groups is 2. The molecule has 0 radical (unpaired) electrons. The highest BCUT2D eigenvalue weighted by Crippen LogP contribution is 2.45. The molecule has 0 rings (SSSR count). The van der Waals surface area contributed by atoms with Crippen LogP contribution in [0.1, 0.15) is 357 Å². The summed E-state index contributed by atoms with van der Waals surface area (Å²) in [5.74, 6) is 0.904. The Morgan fingerprint density at radius 2 is 0.527 bits per heavy atom. The minimum absolute atomic E-state index is 0.105. The minimum Gasteiger partial charge on any atom is -0.462 e. The van der Waals surface area contributed by atoms with Crippen molar-refractivity contribution in [2.75, 3.05) is 39.6 Å². The molecule has 91 heavy (non-hydrogen) atoms. The average Bonchev–Trinajstić information content (AvgIpc) is 3.58. The van der Waals surface area contributed by atoms with Crippen LogP contribution in [0.3, 0.4) is 0 Å². The number of carbonyl (C=O) groups is 4. The number of phosphoric ester groups is 2. The predicted octanol–water partition coefficient (Wildman–Crippen LogP) is 20.5. The van der Waals surface area contributed by atoms with Crippen molar-refractivity contribution in [3.63, 3.8) is 0 Å². The molecule has 0 aliphatic heterocycles. The molecule has 0 heterocycles. The average molecular weight is 1340 g/mol. The van der Waals surface area contributed by atoms with E-state index >= 15 is 0 Å². The maximum atomic E-state index is 13.0. The molecule has 19 heteroatoms. The predicted molar refractivity (Wildman–Crippen MR) is 367 cm³/mol. The fourth-order valence-corrected chi connectivity index (χ4v) is 12.4. The molecular weight excluding hydrogens is 1200 g/mol. The first-order chi connectivity index (χ1) is 43.6. The van der Waals surface area contributed by atoms with Crippen molar-refractivity contribution in [2.45, 2.75) is 375 Å². The second kappa shape index (κ2) is 61.6. The first-order valence-corrected chi connectivity index (χ1v) is 40.2. The van der Waals surface area contributed by atoms with Crippen molar-refractivity contribution in [2.24, 2.45) is 23.7 Å². The maximum Gasteiger partial charge on any atom is 0.472 e. The highest BCUT2D eigenvalue weighted by atomic mass is 31.2. The largest absolute Gasteiger partial charge is 0.472 e. The van der Waals surface area contributed by atoms with Gasteiger partial charge in [0.25, 0.3) is 0 Å². The molecule has 4 unspecified atom stereocenters. The summed E-state index contributed by atoms with van der Waals surface area (Å²) in [4.78, 5) is 72.6. The topological polar surface area (TPSA) is 237 Å². The third-order valence-electron chi connectivity index (χ3n) is 16.9. The van der Waals surface area contributed by atoms with E-state index in [4.69, 9.17) is 37.0 Å². The summed E-state index contributed by atoms with van der Waals surface area (Å²) in [6, 6.07) is 0. The van der Waals surface area contributed by atoms with Gasteiger partial charge >= 0.3 is 39.5 Å². The van der Waals surface area contributed by atoms with Crippen molar-refractivity contribution in [1.82, 2.24) is 0 Å². The SMILES string of the molecule is CCC(C)CCCCCCCCCCCCC(=O)O[C@H](COC(=O)CCCCCCCCCCCCCC(C)C)COP(=O)(O)OCC(O)COP(=O)(O)OC[C@@H](COC(=O)CCCCCCCCCC(C)C)OC(=O)CCCCCCCCCCCCC(C)C. The Balaban J connectivity index is 5.27. The lowest BCUT2D eigenvalue weighted by atomic mass is 9.99. The smallest absolute Gasteiger partial charge is 0.462 e. The maximum absolute atomic E-state index is 13.0. The van der Waals surface area contributed by atoms with Gasteiger partial charge in [0.15, 0.2) is 12.2 Å². The van der Waals surface area contributed by atoms with Gasteiger partial charge in [0.05, 0.1) is 26.4 Å². The van der Waals surface area contributed by atoms with Crippen LogP contribution in [0.25, 0.3) is 0 Å². The van der Waals surface area contributed by atoms with Crippen LogP contribution in [-0.2, 0) is 65.4 Å². The zero-order valence-electron chi connectivity index (χ0n) is 59.5. The second-order valence-corrected chi connectivity index (χ2v) is 30.6. The van der Waals surface area contributed by atoms with Crippen LogP contribution in [0.2, 0.25) is 0 Å². The van der Waals surface area contributed by atoms with E-state index in [0.717, 1.165) is 114 Å². The summed E-state index contributed by atoms with van der Waals surface area (Å²) in [6.07, 6.45) is 44.4. The van der Waals surface area contributed by atoms with E-state index in [9.17, 15) is 43.2 Å². The molecule has 6 atom stereocenters. The second-order valence-electron chi connectivity index (χ2n) is 27.6. The molecule has 0 saturated heterocycles. The van der Waals surface area contributed by atoms with E-state index in [2.05, 4.69) is 55.4 Å². The van der Waals surface area contributed by atoms with E-state index in [0.29, 0.717) is 31.6 Å². The molecule has 0 fully saturated rings. The van der Waals surface area contributed by atoms with Gasteiger partial charge in [0.1, 0.15) is 19.3 Å². The van der Waals surface area contributed by atoms with Crippen LogP contribution >= 0.6 is 15.6 Å². The highest BCUT2D eigenvalue weighted by molar-refractivity contribution is 7.47. The Kier molecular flexibility index (Phi) is 60.3. The van der Waals surface area contributed by atoms with E-state index in [1.165, 1.54) is 154 Å². The molecule has 0 amide bonds. The van der Waals surface area contributed by atoms with Gasteiger partial charge < -0.3 is 33.8 Å². The molecule has 0 aromatic heterocycles. The summed E-state index contributed by atoms with van der Waals surface area (Å²) < 4.78 is 68.4. The van der Waals surface area contributed by atoms with Crippen molar-refractivity contribution >= 4 is 39.5 Å². The number of ether oxygens (including phenoxy) is 4. The summed E-state index contributed by atoms with van der Waals surface area (Å²) >= 11 is 0. The van der Waals surface area contributed by atoms with E-state index in [1.807, 2.05) is 0 Å². The summed E-state index contributed by atoms with van der Waals surface area (Å²) in [5, 5.41) is 10.6. The first-order valence-electron chi connectivity index (χ1n) is 37.2. The van der Waals surface area contributed by atoms with Crippen LogP contribution in [0.15, 0.2) is 0 Å². The van der Waals surface area contributed by atoms with Crippen molar-refractivity contribution in [1.29, 1.82) is 0 Å². The molecule has 0 spiro atoms. The van der Waals surface area contributed by atoms with E-state index < -0.39 is 97.5 Å². The monoisotopic (exact) mass is 1340 g/mol. The lowest BCUT2D eigenvalue weighted by molar-refractivity contribution is -0.161. The number of esters is 4. The number of carbonyl (C=O) groups excluding carboxylic acids is 4. The Morgan fingerprint density at radius 3 is 0.780 bits per heavy atom. The number of rotatable bonds is 69. The summed E-state index contributed by atoms with van der Waals surface area (Å²) in [5.41, 5.74) is 0. The van der Waals surface area contributed by atoms with Crippen LogP contribution in [0, 0.1) is 23.7 Å². The number of aliphatic hydroxyl groups excluding tert-OH is 1. The Bertz CT molecular complexity index is 1800. The van der Waals surface area contributed by atoms with Gasteiger partial charge in [-0.2, -0.15) is 0 Å². The zero-order chi connectivity index (χ0) is 67.5. The van der Waals surface area contributed by atoms with Crippen LogP contribution < -0.4 is 0 Å². The van der Waals surface area contributed by atoms with E-state index in [1.54, 1.807) is 0 Å². The van der Waals surface area contributed by atoms with Gasteiger partial charge in [-0.1, -0.05) is 306 Å². The lowest BCUT2D eigenvalue weighted by Crippen LogP contribution is -2.30. The Labute approximate surface area is 556 Å². The van der Waals surface area contributed by atoms with Crippen LogP contribution in [0.4, 0.5) is 0 Å². The van der Waals surface area contributed by atoms with Crippen LogP contribution in [-0.4, -0.2) is 96.7 Å². The molecule has 0 saturated carbocycles. The van der Waals surface area contributed by atoms with Gasteiger partial charge in [0.2, 0.25) is 0 Å². The van der Waals surface area contributed by atoms with Crippen molar-refractivity contribution in [3.8, 4) is 0 Å². The van der Waals surface area contributed by atoms with Gasteiger partial charge in [-0.3, -0.25) is 37.3 Å². The van der Waals surface area contributed by atoms with Gasteiger partial charge in [0, 0.05) is 25.7 Å². The molecule has 17 nitrogen and oxygen atoms in total. The van der Waals surface area contributed by atoms with Crippen molar-refractivity contribution < 1.29 is 80.2 Å². The molecular formula is C72H140O17P2. The molecule has 0 bridgehead atoms. The lowest BCUT2D eigenvalue weighted by Gasteiger charge is -2.21. The molecule has 0 aliphatic carbocycles. The quantitative estimate of drug-likeness (QED) is 0.0222. The number of aliphatic hydroxyl groups is 1. The minimum atomic E-state index is -4.95. The van der Waals surface area contributed by atoms with Gasteiger partial charge in [-0.05, 0) is 49.4 Å². The van der Waals surface area contributed by atoms with Gasteiger partial charge in [-0.15, -0.1) is 0 Å². The Hall–Kier alpha value is -1.94. The molecule has 0 aromatic carbocycles. The zero-order valence-corrected chi connectivity index (χ0v) is 61.3. The summed E-state index contributed by atoms with van der Waals surface area (Å²) in [7, 11) is -9.91. The van der Waals surface area contributed by atoms with Gasteiger partial charge in [-0.25, -0.2) is 9.13 Å². The van der Waals surface area contributed by atoms with Crippen molar-refractivity contribution in [3.05, 3.63) is 0 Å². The molecule has 3 N–H and O–H groups in total. The first kappa shape index (κ1) is 89.1. The number of hydrogen-bond donors (Lipinski definition) is 3. The van der Waals surface area contributed by atoms with E-state index in [-0.39, 0.29) is 25.7 Å². The Morgan fingerprint density at radius 1 is 0.308 bits per heavy atom. The number of unbranched alkanes of at least 4 members (excludes halogenated alkanes) is 34.